The lowest BCUT2D eigenvalue weighted by atomic mass is 9.94. The summed E-state index contributed by atoms with van der Waals surface area (Å²) in [5.74, 6) is 1.17. The van der Waals surface area contributed by atoms with E-state index in [9.17, 15) is 0 Å². The maximum absolute atomic E-state index is 4.21. The zero-order chi connectivity index (χ0) is 8.97. The van der Waals surface area contributed by atoms with Gasteiger partial charge < -0.3 is 4.90 Å². The van der Waals surface area contributed by atoms with E-state index < -0.39 is 0 Å². The fourth-order valence-corrected chi connectivity index (χ4v) is 1.89. The van der Waals surface area contributed by atoms with E-state index in [4.69, 9.17) is 0 Å². The fourth-order valence-electron chi connectivity index (χ4n) is 1.89. The van der Waals surface area contributed by atoms with Gasteiger partial charge in [-0.15, -0.1) is 0 Å². The van der Waals surface area contributed by atoms with Crippen molar-refractivity contribution in [2.45, 2.75) is 45.1 Å². The van der Waals surface area contributed by atoms with Crippen LogP contribution in [0.3, 0.4) is 0 Å². The quantitative estimate of drug-likeness (QED) is 0.433. The highest BCUT2D eigenvalue weighted by Crippen LogP contribution is 2.21. The molecule has 0 aliphatic heterocycles. The molecule has 70 valence electrons. The number of hydrogen-bond donors (Lipinski definition) is 0. The van der Waals surface area contributed by atoms with Crippen LogP contribution in [0.2, 0.25) is 0 Å². The topological polar surface area (TPSA) is 15.6 Å². The lowest BCUT2D eigenvalue weighted by Gasteiger charge is -2.32. The molecular formula is C10H20N2. The standard InChI is InChI=1S/C10H20N2/c1-9(11-2)12(3)10-7-5-4-6-8-10/h10H,4-8H2,1-3H3. The third kappa shape index (κ3) is 2.23. The molecule has 0 amide bonds. The third-order valence-electron chi connectivity index (χ3n) is 2.96. The van der Waals surface area contributed by atoms with E-state index in [1.54, 1.807) is 0 Å². The Morgan fingerprint density at radius 1 is 1.25 bits per heavy atom. The Labute approximate surface area is 75.7 Å². The predicted molar refractivity (Wildman–Crippen MR) is 53.7 cm³/mol. The van der Waals surface area contributed by atoms with E-state index in [-0.39, 0.29) is 0 Å². The van der Waals surface area contributed by atoms with Gasteiger partial charge in [0.25, 0.3) is 0 Å². The van der Waals surface area contributed by atoms with E-state index >= 15 is 0 Å². The van der Waals surface area contributed by atoms with Gasteiger partial charge in [0, 0.05) is 20.1 Å². The van der Waals surface area contributed by atoms with Gasteiger partial charge in [0.05, 0.1) is 5.84 Å². The molecule has 0 N–H and O–H groups in total. The van der Waals surface area contributed by atoms with E-state index in [0.717, 1.165) is 6.04 Å². The summed E-state index contributed by atoms with van der Waals surface area (Å²) in [5, 5.41) is 0. The van der Waals surface area contributed by atoms with Crippen LogP contribution in [0, 0.1) is 0 Å². The molecule has 2 nitrogen and oxygen atoms in total. The van der Waals surface area contributed by atoms with Crippen molar-refractivity contribution in [1.82, 2.24) is 4.90 Å². The monoisotopic (exact) mass is 168 g/mol. The minimum Gasteiger partial charge on any atom is -0.361 e. The van der Waals surface area contributed by atoms with Gasteiger partial charge in [0.1, 0.15) is 0 Å². The summed E-state index contributed by atoms with van der Waals surface area (Å²) in [7, 11) is 4.03. The van der Waals surface area contributed by atoms with Crippen LogP contribution in [-0.2, 0) is 0 Å². The third-order valence-corrected chi connectivity index (χ3v) is 2.96. The van der Waals surface area contributed by atoms with Gasteiger partial charge in [-0.25, -0.2) is 0 Å². The van der Waals surface area contributed by atoms with Gasteiger partial charge in [-0.3, -0.25) is 4.99 Å². The van der Waals surface area contributed by atoms with E-state index in [0.29, 0.717) is 0 Å². The molecule has 1 aliphatic carbocycles. The molecular weight excluding hydrogens is 148 g/mol. The summed E-state index contributed by atoms with van der Waals surface area (Å²) in [6.45, 7) is 2.09. The van der Waals surface area contributed by atoms with Crippen molar-refractivity contribution in [3.8, 4) is 0 Å². The summed E-state index contributed by atoms with van der Waals surface area (Å²) in [6.07, 6.45) is 6.91. The van der Waals surface area contributed by atoms with E-state index in [2.05, 4.69) is 23.9 Å². The fraction of sp³-hybridized carbons (Fsp3) is 0.900. The van der Waals surface area contributed by atoms with Crippen LogP contribution < -0.4 is 0 Å². The Kier molecular flexibility index (Phi) is 3.57. The zero-order valence-corrected chi connectivity index (χ0v) is 8.51. The number of nitrogens with zero attached hydrogens (tertiary/aromatic N) is 2. The second kappa shape index (κ2) is 4.48. The first-order chi connectivity index (χ1) is 5.75. The highest BCUT2D eigenvalue weighted by molar-refractivity contribution is 5.79. The molecule has 1 aliphatic rings. The van der Waals surface area contributed by atoms with Gasteiger partial charge in [-0.1, -0.05) is 19.3 Å². The molecule has 1 saturated carbocycles. The van der Waals surface area contributed by atoms with Crippen LogP contribution in [0.1, 0.15) is 39.0 Å². The van der Waals surface area contributed by atoms with Gasteiger partial charge in [0.2, 0.25) is 0 Å². The average Bonchev–Trinajstić information content (AvgIpc) is 2.17. The molecule has 0 aromatic heterocycles. The Morgan fingerprint density at radius 2 is 1.83 bits per heavy atom. The first kappa shape index (κ1) is 9.56. The number of hydrogen-bond acceptors (Lipinski definition) is 1. The summed E-state index contributed by atoms with van der Waals surface area (Å²) in [6, 6.07) is 0.752. The lowest BCUT2D eigenvalue weighted by molar-refractivity contribution is 0.277. The Morgan fingerprint density at radius 3 is 2.33 bits per heavy atom. The molecule has 0 aromatic rings. The smallest absolute Gasteiger partial charge is 0.0953 e. The summed E-state index contributed by atoms with van der Waals surface area (Å²) >= 11 is 0. The first-order valence-electron chi connectivity index (χ1n) is 4.92. The summed E-state index contributed by atoms with van der Waals surface area (Å²) in [5.41, 5.74) is 0. The van der Waals surface area contributed by atoms with Gasteiger partial charge >= 0.3 is 0 Å². The first-order valence-corrected chi connectivity index (χ1v) is 4.92. The Bertz CT molecular complexity index is 157. The molecule has 0 saturated heterocycles. The predicted octanol–water partition coefficient (Wildman–Crippen LogP) is 2.30. The van der Waals surface area contributed by atoms with Gasteiger partial charge in [0.15, 0.2) is 0 Å². The maximum atomic E-state index is 4.21. The average molecular weight is 168 g/mol. The van der Waals surface area contributed by atoms with Crippen LogP contribution in [0.15, 0.2) is 4.99 Å². The molecule has 0 spiro atoms. The number of amidine groups is 1. The highest BCUT2D eigenvalue weighted by Gasteiger charge is 2.17. The molecule has 0 aromatic carbocycles. The maximum Gasteiger partial charge on any atom is 0.0953 e. The molecule has 0 heterocycles. The summed E-state index contributed by atoms with van der Waals surface area (Å²) in [4.78, 5) is 6.54. The van der Waals surface area contributed by atoms with E-state index in [1.165, 1.54) is 37.9 Å². The molecule has 12 heavy (non-hydrogen) atoms. The molecule has 0 bridgehead atoms. The minimum atomic E-state index is 0.752. The van der Waals surface area contributed by atoms with Crippen molar-refractivity contribution < 1.29 is 0 Å². The van der Waals surface area contributed by atoms with Crippen LogP contribution in [0.4, 0.5) is 0 Å². The number of rotatable bonds is 1. The molecule has 0 radical (unpaired) electrons. The molecule has 2 heteroatoms. The second-order valence-electron chi connectivity index (χ2n) is 3.67. The zero-order valence-electron chi connectivity index (χ0n) is 8.51. The highest BCUT2D eigenvalue weighted by atomic mass is 15.2. The van der Waals surface area contributed by atoms with Gasteiger partial charge in [-0.2, -0.15) is 0 Å². The number of aliphatic imine (C=N–C) groups is 1. The van der Waals surface area contributed by atoms with Crippen molar-refractivity contribution in [3.63, 3.8) is 0 Å². The van der Waals surface area contributed by atoms with Crippen LogP contribution in [-0.4, -0.2) is 30.9 Å². The van der Waals surface area contributed by atoms with Crippen LogP contribution in [0.25, 0.3) is 0 Å². The van der Waals surface area contributed by atoms with E-state index in [1.807, 2.05) is 7.05 Å². The van der Waals surface area contributed by atoms with Crippen molar-refractivity contribution in [1.29, 1.82) is 0 Å². The van der Waals surface area contributed by atoms with Crippen molar-refractivity contribution in [2.24, 2.45) is 4.99 Å². The molecule has 1 rings (SSSR count). The largest absolute Gasteiger partial charge is 0.361 e. The molecule has 1 fully saturated rings. The van der Waals surface area contributed by atoms with Crippen molar-refractivity contribution in [2.75, 3.05) is 14.1 Å². The normalized spacial score (nSPS) is 21.1. The lowest BCUT2D eigenvalue weighted by Crippen LogP contribution is -2.36. The van der Waals surface area contributed by atoms with Crippen LogP contribution >= 0.6 is 0 Å². The Balaban J connectivity index is 2.44. The molecule has 0 unspecified atom stereocenters. The molecule has 0 atom stereocenters. The van der Waals surface area contributed by atoms with Crippen molar-refractivity contribution >= 4 is 5.84 Å². The minimum absolute atomic E-state index is 0.752. The summed E-state index contributed by atoms with van der Waals surface area (Å²) < 4.78 is 0. The second-order valence-corrected chi connectivity index (χ2v) is 3.67. The van der Waals surface area contributed by atoms with Crippen molar-refractivity contribution in [3.05, 3.63) is 0 Å². The van der Waals surface area contributed by atoms with Gasteiger partial charge in [-0.05, 0) is 19.8 Å². The Hall–Kier alpha value is -0.530. The van der Waals surface area contributed by atoms with Crippen LogP contribution in [0.5, 0.6) is 0 Å². The SMILES string of the molecule is CN=C(C)N(C)C1CCCCC1.